The fraction of sp³-hybridized carbons (Fsp3) is 0.645. The fourth-order valence-corrected chi connectivity index (χ4v) is 7.83. The Kier molecular flexibility index (Phi) is 7.97. The lowest BCUT2D eigenvalue weighted by Gasteiger charge is -2.52. The Morgan fingerprint density at radius 2 is 1.76 bits per heavy atom. The molecule has 11 heteroatoms. The van der Waals surface area contributed by atoms with Gasteiger partial charge in [0.15, 0.2) is 34.7 Å². The van der Waals surface area contributed by atoms with Crippen LogP contribution in [-0.4, -0.2) is 82.5 Å². The Morgan fingerprint density at radius 3 is 2.29 bits per heavy atom. The molecule has 5 N–H and O–H groups in total. The molecule has 230 valence electrons. The molecule has 2 fully saturated rings. The van der Waals surface area contributed by atoms with Gasteiger partial charge in [-0.05, 0) is 64.6 Å². The van der Waals surface area contributed by atoms with Gasteiger partial charge in [-0.3, -0.25) is 28.9 Å². The molecule has 1 amide bonds. The van der Waals surface area contributed by atoms with Crippen molar-refractivity contribution >= 4 is 29.0 Å². The number of nitrogens with one attached hydrogen (secondary N) is 1. The van der Waals surface area contributed by atoms with Crippen molar-refractivity contribution in [3.8, 4) is 11.5 Å². The molecule has 4 rings (SSSR count). The van der Waals surface area contributed by atoms with Crippen molar-refractivity contribution in [3.63, 3.8) is 0 Å². The number of benzene rings is 1. The van der Waals surface area contributed by atoms with Crippen molar-refractivity contribution in [1.82, 2.24) is 10.2 Å². The number of ketones is 4. The molecule has 0 bridgehead atoms. The highest BCUT2D eigenvalue weighted by molar-refractivity contribution is 6.32. The molecule has 2 unspecified atom stereocenters. The first kappa shape index (κ1) is 31.8. The van der Waals surface area contributed by atoms with Crippen LogP contribution in [0, 0.1) is 29.1 Å². The fourth-order valence-electron chi connectivity index (χ4n) is 7.83. The van der Waals surface area contributed by atoms with Crippen molar-refractivity contribution in [3.05, 3.63) is 22.8 Å². The summed E-state index contributed by atoms with van der Waals surface area (Å²) in [5.74, 6) is -10.3. The molecule has 1 aromatic carbocycles. The summed E-state index contributed by atoms with van der Waals surface area (Å²) in [4.78, 5) is 68.1. The Hall–Kier alpha value is -3.15. The van der Waals surface area contributed by atoms with Gasteiger partial charge < -0.3 is 26.0 Å². The van der Waals surface area contributed by atoms with Crippen LogP contribution < -0.4 is 15.8 Å². The maximum absolute atomic E-state index is 14.0. The number of nitrogens with two attached hydrogens (primary N) is 1. The standard InChI is InChI=1S/C31H43N3O8/c1-29(2,3)13-30(4,5)33-12-15-11-18(35)20-16(25(15)42-8)9-14-10-17-22(34(6)7)24(37)21(28(32)40)27(39)31(17,41)26(38)19(14)23(20)36/h11,14,17,19,21-22,33,35,41H,9-10,12-13H2,1-8H3,(H2,32,40)/t14-,17-,19?,21?,22-,31-/m0/s1. The van der Waals surface area contributed by atoms with E-state index >= 15 is 0 Å². The smallest absolute Gasteiger partial charge is 0.235 e. The topological polar surface area (TPSA) is 176 Å². The quantitative estimate of drug-likeness (QED) is 0.340. The first-order valence-corrected chi connectivity index (χ1v) is 14.3. The predicted octanol–water partition coefficient (Wildman–Crippen LogP) is 1.18. The summed E-state index contributed by atoms with van der Waals surface area (Å²) in [7, 11) is 4.58. The number of amides is 1. The molecule has 3 aliphatic rings. The van der Waals surface area contributed by atoms with E-state index in [1.165, 1.54) is 18.1 Å². The van der Waals surface area contributed by atoms with E-state index in [0.29, 0.717) is 23.4 Å². The number of ether oxygens (including phenoxy) is 1. The monoisotopic (exact) mass is 585 g/mol. The number of Topliss-reactive ketones (excluding diaryl/α,β-unsaturated/α-hetero) is 4. The minimum Gasteiger partial charge on any atom is -0.507 e. The van der Waals surface area contributed by atoms with E-state index in [1.54, 1.807) is 14.1 Å². The second-order valence-electron chi connectivity index (χ2n) is 14.2. The molecule has 0 aliphatic heterocycles. The number of fused-ring (bicyclic) bond motifs is 3. The number of carbonyl (C=O) groups is 5. The number of carbonyl (C=O) groups excluding carboxylic acids is 5. The van der Waals surface area contributed by atoms with Crippen LogP contribution in [-0.2, 0) is 32.1 Å². The van der Waals surface area contributed by atoms with Gasteiger partial charge in [0.2, 0.25) is 5.91 Å². The Bertz CT molecular complexity index is 1360. The normalized spacial score (nSPS) is 29.7. The molecule has 2 saturated carbocycles. The van der Waals surface area contributed by atoms with Crippen molar-refractivity contribution in [2.75, 3.05) is 21.2 Å². The van der Waals surface area contributed by atoms with Crippen molar-refractivity contribution in [1.29, 1.82) is 0 Å². The summed E-state index contributed by atoms with van der Waals surface area (Å²) < 4.78 is 5.77. The number of rotatable bonds is 7. The van der Waals surface area contributed by atoms with Gasteiger partial charge >= 0.3 is 0 Å². The van der Waals surface area contributed by atoms with Gasteiger partial charge in [-0.15, -0.1) is 0 Å². The SMILES string of the molecule is COc1c(CNC(C)(C)CC(C)(C)C)cc(O)c2c1C[C@H]1C[C@H]3[C@H](N(C)C)C(=O)C(C(N)=O)C(=O)[C@@]3(O)C(=O)C1C2=O. The van der Waals surface area contributed by atoms with Gasteiger partial charge in [-0.2, -0.15) is 0 Å². The highest BCUT2D eigenvalue weighted by Crippen LogP contribution is 2.52. The largest absolute Gasteiger partial charge is 0.507 e. The Balaban J connectivity index is 1.77. The summed E-state index contributed by atoms with van der Waals surface area (Å²) >= 11 is 0. The van der Waals surface area contributed by atoms with Gasteiger partial charge in [0.25, 0.3) is 0 Å². The van der Waals surface area contributed by atoms with Crippen LogP contribution in [0.4, 0.5) is 0 Å². The van der Waals surface area contributed by atoms with E-state index in [0.717, 1.165) is 6.42 Å². The number of nitrogens with zero attached hydrogens (tertiary/aromatic N) is 1. The average molecular weight is 586 g/mol. The number of aromatic hydroxyl groups is 1. The molecule has 42 heavy (non-hydrogen) atoms. The lowest BCUT2D eigenvalue weighted by molar-refractivity contribution is -0.181. The number of methoxy groups -OCH3 is 1. The maximum atomic E-state index is 14.0. The molecule has 0 aromatic heterocycles. The first-order chi connectivity index (χ1) is 19.3. The van der Waals surface area contributed by atoms with Crippen LogP contribution in [0.25, 0.3) is 0 Å². The zero-order valence-electron chi connectivity index (χ0n) is 25.7. The summed E-state index contributed by atoms with van der Waals surface area (Å²) in [6.45, 7) is 11.0. The van der Waals surface area contributed by atoms with E-state index in [2.05, 4.69) is 39.9 Å². The first-order valence-electron chi connectivity index (χ1n) is 14.3. The van der Waals surface area contributed by atoms with E-state index in [9.17, 15) is 34.2 Å². The Morgan fingerprint density at radius 1 is 1.14 bits per heavy atom. The Labute approximate surface area is 246 Å². The minimum atomic E-state index is -2.75. The number of primary amides is 1. The van der Waals surface area contributed by atoms with Gasteiger partial charge in [-0.25, -0.2) is 0 Å². The van der Waals surface area contributed by atoms with E-state index in [1.807, 2.05) is 0 Å². The van der Waals surface area contributed by atoms with Crippen molar-refractivity contribution in [2.24, 2.45) is 34.8 Å². The number of hydrogen-bond acceptors (Lipinski definition) is 10. The second kappa shape index (κ2) is 10.5. The summed E-state index contributed by atoms with van der Waals surface area (Å²) in [6.07, 6.45) is 0.992. The number of likely N-dealkylation sites (N-methyl/N-ethyl adjacent to an activating group) is 1. The van der Waals surface area contributed by atoms with Crippen LogP contribution >= 0.6 is 0 Å². The third-order valence-electron chi connectivity index (χ3n) is 9.02. The molecular weight excluding hydrogens is 542 g/mol. The highest BCUT2D eigenvalue weighted by Gasteiger charge is 2.69. The molecule has 3 aliphatic carbocycles. The summed E-state index contributed by atoms with van der Waals surface area (Å²) in [5.41, 5.74) is 3.43. The minimum absolute atomic E-state index is 0.0189. The molecule has 0 heterocycles. The van der Waals surface area contributed by atoms with Crippen LogP contribution in [0.5, 0.6) is 11.5 Å². The number of aliphatic hydroxyl groups is 1. The molecule has 11 nitrogen and oxygen atoms in total. The number of phenols is 1. The van der Waals surface area contributed by atoms with Gasteiger partial charge in [-0.1, -0.05) is 20.8 Å². The van der Waals surface area contributed by atoms with Crippen LogP contribution in [0.2, 0.25) is 0 Å². The van der Waals surface area contributed by atoms with Crippen LogP contribution in [0.3, 0.4) is 0 Å². The zero-order valence-corrected chi connectivity index (χ0v) is 25.7. The second-order valence-corrected chi connectivity index (χ2v) is 14.2. The number of phenolic OH excluding ortho intramolecular Hbond substituents is 1. The lowest BCUT2D eigenvalue weighted by atomic mass is 9.52. The van der Waals surface area contributed by atoms with Gasteiger partial charge in [0.1, 0.15) is 11.5 Å². The lowest BCUT2D eigenvalue weighted by Crippen LogP contribution is -2.74. The predicted molar refractivity (Wildman–Crippen MR) is 153 cm³/mol. The summed E-state index contributed by atoms with van der Waals surface area (Å²) in [6, 6.07) is 0.290. The molecule has 6 atom stereocenters. The third-order valence-corrected chi connectivity index (χ3v) is 9.02. The van der Waals surface area contributed by atoms with E-state index in [-0.39, 0.29) is 35.1 Å². The molecule has 0 radical (unpaired) electrons. The third kappa shape index (κ3) is 5.05. The molecular formula is C31H43N3O8. The molecule has 1 aromatic rings. The highest BCUT2D eigenvalue weighted by atomic mass is 16.5. The van der Waals surface area contributed by atoms with Crippen LogP contribution in [0.15, 0.2) is 6.07 Å². The van der Waals surface area contributed by atoms with Gasteiger partial charge in [0, 0.05) is 29.1 Å². The van der Waals surface area contributed by atoms with Crippen molar-refractivity contribution in [2.45, 2.75) is 77.6 Å². The van der Waals surface area contributed by atoms with Crippen LogP contribution in [0.1, 0.15) is 68.9 Å². The molecule has 0 spiro atoms. The maximum Gasteiger partial charge on any atom is 0.235 e. The van der Waals surface area contributed by atoms with E-state index in [4.69, 9.17) is 10.5 Å². The average Bonchev–Trinajstić information content (AvgIpc) is 2.83. The molecule has 0 saturated heterocycles. The summed E-state index contributed by atoms with van der Waals surface area (Å²) in [5, 5.41) is 26.3. The van der Waals surface area contributed by atoms with Crippen molar-refractivity contribution < 1.29 is 38.9 Å². The zero-order chi connectivity index (χ0) is 31.7. The van der Waals surface area contributed by atoms with E-state index < -0.39 is 64.4 Å². The number of hydrogen-bond donors (Lipinski definition) is 4. The van der Waals surface area contributed by atoms with Gasteiger partial charge in [0.05, 0.1) is 24.6 Å².